The highest BCUT2D eigenvalue weighted by molar-refractivity contribution is 7.89. The van der Waals surface area contributed by atoms with Crippen LogP contribution in [0.5, 0.6) is 0 Å². The molecule has 0 spiro atoms. The Morgan fingerprint density at radius 1 is 1.25 bits per heavy atom. The van der Waals surface area contributed by atoms with Crippen LogP contribution >= 0.6 is 0 Å². The van der Waals surface area contributed by atoms with Crippen molar-refractivity contribution in [1.82, 2.24) is 4.72 Å². The quantitative estimate of drug-likeness (QED) is 0.708. The monoisotopic (exact) mass is 356 g/mol. The first-order valence-corrected chi connectivity index (χ1v) is 9.41. The lowest BCUT2D eigenvalue weighted by atomic mass is 9.95. The molecule has 2 rings (SSSR count). The van der Waals surface area contributed by atoms with Crippen molar-refractivity contribution in [2.45, 2.75) is 37.2 Å². The van der Waals surface area contributed by atoms with E-state index in [0.717, 1.165) is 0 Å². The summed E-state index contributed by atoms with van der Waals surface area (Å²) in [4.78, 5) is 11.7. The molecule has 0 atom stereocenters. The average molecular weight is 356 g/mol. The van der Waals surface area contributed by atoms with Crippen molar-refractivity contribution in [1.29, 1.82) is 0 Å². The summed E-state index contributed by atoms with van der Waals surface area (Å²) in [5.74, 6) is -0.291. The van der Waals surface area contributed by atoms with Crippen molar-refractivity contribution < 1.29 is 23.1 Å². The maximum absolute atomic E-state index is 12.3. The van der Waals surface area contributed by atoms with Crippen LogP contribution in [0.4, 0.5) is 5.69 Å². The SMILES string of the molecule is CC(C)C(=O)Nc1ccc(S(=O)(=O)NCC2(O)CCOCC2)cc1. The predicted molar refractivity (Wildman–Crippen MR) is 90.1 cm³/mol. The number of anilines is 1. The number of carbonyl (C=O) groups excluding carboxylic acids is 1. The minimum atomic E-state index is -3.72. The number of hydrogen-bond acceptors (Lipinski definition) is 5. The maximum atomic E-state index is 12.3. The number of rotatable bonds is 6. The lowest BCUT2D eigenvalue weighted by molar-refractivity contribution is -0.118. The molecular weight excluding hydrogens is 332 g/mol. The van der Waals surface area contributed by atoms with Crippen LogP contribution in [0.3, 0.4) is 0 Å². The number of ether oxygens (including phenoxy) is 1. The van der Waals surface area contributed by atoms with Crippen LogP contribution in [0.25, 0.3) is 0 Å². The topological polar surface area (TPSA) is 105 Å². The van der Waals surface area contributed by atoms with Gasteiger partial charge in [-0.05, 0) is 24.3 Å². The van der Waals surface area contributed by atoms with Gasteiger partial charge in [-0.3, -0.25) is 4.79 Å². The molecule has 0 radical (unpaired) electrons. The first-order chi connectivity index (χ1) is 11.2. The number of amides is 1. The normalized spacial score (nSPS) is 17.7. The molecule has 1 aromatic rings. The minimum Gasteiger partial charge on any atom is -0.388 e. The Bertz CT molecular complexity index is 664. The third kappa shape index (κ3) is 5.01. The molecular formula is C16H24N2O5S. The van der Waals surface area contributed by atoms with Gasteiger partial charge in [0.2, 0.25) is 15.9 Å². The molecule has 1 heterocycles. The number of hydrogen-bond donors (Lipinski definition) is 3. The lowest BCUT2D eigenvalue weighted by Crippen LogP contribution is -2.46. The summed E-state index contributed by atoms with van der Waals surface area (Å²) in [7, 11) is -3.72. The molecule has 7 nitrogen and oxygen atoms in total. The first kappa shape index (κ1) is 18.9. The van der Waals surface area contributed by atoms with Gasteiger partial charge in [-0.2, -0.15) is 0 Å². The second-order valence-corrected chi connectivity index (χ2v) is 8.10. The zero-order chi connectivity index (χ0) is 17.8. The molecule has 134 valence electrons. The van der Waals surface area contributed by atoms with Gasteiger partial charge in [0, 0.05) is 44.2 Å². The fourth-order valence-corrected chi connectivity index (χ4v) is 3.36. The molecule has 8 heteroatoms. The molecule has 0 aliphatic carbocycles. The van der Waals surface area contributed by atoms with E-state index in [1.54, 1.807) is 13.8 Å². The van der Waals surface area contributed by atoms with Crippen molar-refractivity contribution in [3.8, 4) is 0 Å². The third-order valence-corrected chi connectivity index (χ3v) is 5.39. The van der Waals surface area contributed by atoms with Crippen molar-refractivity contribution in [2.75, 3.05) is 25.1 Å². The molecule has 0 saturated carbocycles. The number of carbonyl (C=O) groups is 1. The van der Waals surface area contributed by atoms with Crippen LogP contribution in [-0.4, -0.2) is 44.8 Å². The summed E-state index contributed by atoms with van der Waals surface area (Å²) in [5, 5.41) is 13.0. The van der Waals surface area contributed by atoms with Crippen molar-refractivity contribution in [2.24, 2.45) is 5.92 Å². The smallest absolute Gasteiger partial charge is 0.240 e. The Hall–Kier alpha value is -1.48. The minimum absolute atomic E-state index is 0.0511. The Morgan fingerprint density at radius 2 is 1.83 bits per heavy atom. The predicted octanol–water partition coefficient (Wildman–Crippen LogP) is 1.10. The molecule has 1 aliphatic heterocycles. The average Bonchev–Trinajstić information content (AvgIpc) is 2.54. The molecule has 1 fully saturated rings. The van der Waals surface area contributed by atoms with E-state index in [0.29, 0.717) is 31.7 Å². The highest BCUT2D eigenvalue weighted by Crippen LogP contribution is 2.21. The lowest BCUT2D eigenvalue weighted by Gasteiger charge is -2.31. The Balaban J connectivity index is 2.00. The zero-order valence-electron chi connectivity index (χ0n) is 13.9. The fraction of sp³-hybridized carbons (Fsp3) is 0.562. The number of nitrogens with one attached hydrogen (secondary N) is 2. The van der Waals surface area contributed by atoms with Crippen LogP contribution in [-0.2, 0) is 19.6 Å². The molecule has 0 bridgehead atoms. The molecule has 0 unspecified atom stereocenters. The van der Waals surface area contributed by atoms with Crippen LogP contribution in [0.1, 0.15) is 26.7 Å². The maximum Gasteiger partial charge on any atom is 0.240 e. The highest BCUT2D eigenvalue weighted by Gasteiger charge is 2.31. The van der Waals surface area contributed by atoms with Gasteiger partial charge in [-0.1, -0.05) is 13.8 Å². The molecule has 1 aliphatic rings. The summed E-state index contributed by atoms with van der Waals surface area (Å²) >= 11 is 0. The summed E-state index contributed by atoms with van der Waals surface area (Å²) < 4.78 is 32.3. The van der Waals surface area contributed by atoms with E-state index in [-0.39, 0.29) is 23.3 Å². The Morgan fingerprint density at radius 3 is 2.38 bits per heavy atom. The van der Waals surface area contributed by atoms with E-state index in [9.17, 15) is 18.3 Å². The van der Waals surface area contributed by atoms with Gasteiger partial charge in [-0.25, -0.2) is 13.1 Å². The third-order valence-electron chi connectivity index (χ3n) is 3.97. The summed E-state index contributed by atoms with van der Waals surface area (Å²) in [6.45, 7) is 4.34. The molecule has 24 heavy (non-hydrogen) atoms. The Labute approximate surface area is 142 Å². The van der Waals surface area contributed by atoms with Crippen molar-refractivity contribution in [3.63, 3.8) is 0 Å². The fourth-order valence-electron chi connectivity index (χ4n) is 2.24. The standard InChI is InChI=1S/C16H24N2O5S/c1-12(2)15(19)18-13-3-5-14(6-4-13)24(21,22)17-11-16(20)7-9-23-10-8-16/h3-6,12,17,20H,7-11H2,1-2H3,(H,18,19). The van der Waals surface area contributed by atoms with Crippen molar-refractivity contribution >= 4 is 21.6 Å². The van der Waals surface area contributed by atoms with E-state index in [1.165, 1.54) is 24.3 Å². The summed E-state index contributed by atoms with van der Waals surface area (Å²) in [5.41, 5.74) is -0.535. The van der Waals surface area contributed by atoms with Crippen LogP contribution in [0.2, 0.25) is 0 Å². The van der Waals surface area contributed by atoms with Crippen molar-refractivity contribution in [3.05, 3.63) is 24.3 Å². The van der Waals surface area contributed by atoms with E-state index in [4.69, 9.17) is 4.74 Å². The van der Waals surface area contributed by atoms with Crippen LogP contribution < -0.4 is 10.0 Å². The number of sulfonamides is 1. The number of aliphatic hydroxyl groups is 1. The van der Waals surface area contributed by atoms with Gasteiger partial charge in [0.05, 0.1) is 10.5 Å². The number of benzene rings is 1. The van der Waals surface area contributed by atoms with E-state index in [1.807, 2.05) is 0 Å². The molecule has 1 amide bonds. The highest BCUT2D eigenvalue weighted by atomic mass is 32.2. The van der Waals surface area contributed by atoms with Crippen LogP contribution in [0.15, 0.2) is 29.2 Å². The molecule has 0 aromatic heterocycles. The first-order valence-electron chi connectivity index (χ1n) is 7.93. The molecule has 3 N–H and O–H groups in total. The van der Waals surface area contributed by atoms with Crippen LogP contribution in [0, 0.1) is 5.92 Å². The van der Waals surface area contributed by atoms with Gasteiger partial charge in [0.15, 0.2) is 0 Å². The van der Waals surface area contributed by atoms with E-state index < -0.39 is 15.6 Å². The summed E-state index contributed by atoms with van der Waals surface area (Å²) in [6, 6.07) is 5.93. The molecule has 1 saturated heterocycles. The van der Waals surface area contributed by atoms with Gasteiger partial charge >= 0.3 is 0 Å². The van der Waals surface area contributed by atoms with E-state index in [2.05, 4.69) is 10.0 Å². The van der Waals surface area contributed by atoms with E-state index >= 15 is 0 Å². The van der Waals surface area contributed by atoms with Gasteiger partial charge in [0.1, 0.15) is 0 Å². The van der Waals surface area contributed by atoms with Gasteiger partial charge < -0.3 is 15.2 Å². The summed E-state index contributed by atoms with van der Waals surface area (Å²) in [6.07, 6.45) is 0.797. The largest absolute Gasteiger partial charge is 0.388 e. The van der Waals surface area contributed by atoms with Gasteiger partial charge in [0.25, 0.3) is 0 Å². The Kier molecular flexibility index (Phi) is 5.97. The molecule has 1 aromatic carbocycles. The second-order valence-electron chi connectivity index (χ2n) is 6.33. The zero-order valence-corrected chi connectivity index (χ0v) is 14.7. The van der Waals surface area contributed by atoms with Gasteiger partial charge in [-0.15, -0.1) is 0 Å². The second kappa shape index (κ2) is 7.60.